The third kappa shape index (κ3) is 5.66. The van der Waals surface area contributed by atoms with Gasteiger partial charge in [0, 0.05) is 24.4 Å². The second-order valence-corrected chi connectivity index (χ2v) is 7.81. The molecule has 1 N–H and O–H groups in total. The van der Waals surface area contributed by atoms with Crippen LogP contribution in [-0.2, 0) is 11.2 Å². The Labute approximate surface area is 186 Å². The summed E-state index contributed by atoms with van der Waals surface area (Å²) in [6, 6.07) is 15.2. The summed E-state index contributed by atoms with van der Waals surface area (Å²) in [5.41, 5.74) is 3.04. The Bertz CT molecular complexity index is 1060. The summed E-state index contributed by atoms with van der Waals surface area (Å²) in [6.45, 7) is 8.33. The number of halogens is 1. The number of hydrogen-bond acceptors (Lipinski definition) is 4. The molecule has 31 heavy (non-hydrogen) atoms. The van der Waals surface area contributed by atoms with E-state index in [2.05, 4.69) is 45.9 Å². The summed E-state index contributed by atoms with van der Waals surface area (Å²) in [4.78, 5) is 15.1. The smallest absolute Gasteiger partial charge is 0.311 e. The van der Waals surface area contributed by atoms with Crippen molar-refractivity contribution in [2.45, 2.75) is 33.1 Å². The van der Waals surface area contributed by atoms with Gasteiger partial charge in [0.15, 0.2) is 5.82 Å². The molecule has 0 saturated heterocycles. The summed E-state index contributed by atoms with van der Waals surface area (Å²) in [7, 11) is 0. The zero-order chi connectivity index (χ0) is 22.2. The Morgan fingerprint density at radius 2 is 2.03 bits per heavy atom. The van der Waals surface area contributed by atoms with Crippen molar-refractivity contribution in [2.75, 3.05) is 11.4 Å². The summed E-state index contributed by atoms with van der Waals surface area (Å²) in [5, 5.41) is 14.6. The van der Waals surface area contributed by atoms with Gasteiger partial charge < -0.3 is 4.90 Å². The molecule has 7 nitrogen and oxygen atoms in total. The normalized spacial score (nSPS) is 11.6. The minimum absolute atomic E-state index is 0.0258. The number of amides is 1. The van der Waals surface area contributed by atoms with E-state index in [1.165, 1.54) is 0 Å². The average Bonchev–Trinajstić information content (AvgIpc) is 3.30. The van der Waals surface area contributed by atoms with Crippen LogP contribution in [0.4, 0.5) is 5.69 Å². The van der Waals surface area contributed by atoms with E-state index in [0.717, 1.165) is 23.2 Å². The summed E-state index contributed by atoms with van der Waals surface area (Å²) < 4.78 is 4.29. The molecule has 0 aliphatic carbocycles. The Morgan fingerprint density at radius 1 is 1.26 bits per heavy atom. The van der Waals surface area contributed by atoms with Crippen molar-refractivity contribution in [1.29, 1.82) is 0 Å². The summed E-state index contributed by atoms with van der Waals surface area (Å²) in [6.07, 6.45) is 1.83. The monoisotopic (exact) mass is 437 g/mol. The van der Waals surface area contributed by atoms with E-state index in [-0.39, 0.29) is 11.8 Å². The number of hydrogen-bond donors (Lipinski definition) is 1. The number of carbonyl (C=O) groups excluding carboxylic acids is 1. The second kappa shape index (κ2) is 10.7. The number of aromatic nitrogens is 4. The Balaban J connectivity index is 2.05. The van der Waals surface area contributed by atoms with Gasteiger partial charge in [-0.25, -0.2) is 0 Å². The highest BCUT2D eigenvalue weighted by atomic mass is 35.5. The van der Waals surface area contributed by atoms with Crippen molar-refractivity contribution in [3.63, 3.8) is 0 Å². The Morgan fingerprint density at radius 3 is 2.68 bits per heavy atom. The first kappa shape index (κ1) is 22.4. The van der Waals surface area contributed by atoms with Crippen LogP contribution in [0, 0.1) is 5.92 Å². The zero-order valence-corrected chi connectivity index (χ0v) is 18.5. The van der Waals surface area contributed by atoms with Crippen molar-refractivity contribution in [2.24, 2.45) is 5.92 Å². The number of H-pyrrole nitrogens is 1. The molecule has 0 aliphatic heterocycles. The van der Waals surface area contributed by atoms with Gasteiger partial charge in [-0.2, -0.15) is 5.21 Å². The first-order valence-electron chi connectivity index (χ1n) is 10.2. The molecule has 0 spiro atoms. The molecule has 8 heteroatoms. The van der Waals surface area contributed by atoms with Crippen LogP contribution in [0.3, 0.4) is 0 Å². The van der Waals surface area contributed by atoms with Crippen LogP contribution >= 0.6 is 11.6 Å². The molecular formula is C23H26ClN6O+. The van der Waals surface area contributed by atoms with E-state index in [1.807, 2.05) is 42.5 Å². The van der Waals surface area contributed by atoms with Crippen LogP contribution in [0.25, 0.3) is 0 Å². The first-order valence-corrected chi connectivity index (χ1v) is 10.6. The Kier molecular flexibility index (Phi) is 7.70. The fourth-order valence-electron chi connectivity index (χ4n) is 3.29. The third-order valence-corrected chi connectivity index (χ3v) is 5.41. The highest BCUT2D eigenvalue weighted by Crippen LogP contribution is 2.28. The van der Waals surface area contributed by atoms with Gasteiger partial charge in [-0.05, 0) is 36.2 Å². The summed E-state index contributed by atoms with van der Waals surface area (Å²) >= 11 is 6.34. The maximum Gasteiger partial charge on any atom is 0.342 e. The van der Waals surface area contributed by atoms with Gasteiger partial charge in [0.1, 0.15) is 0 Å². The SMILES string of the molecule is C=[N+]=C(c1ccccc1)c1cc(Cl)ccc1N(CCc1nn[nH]n1)C(=O)C[C@@H](C)CC. The minimum Gasteiger partial charge on any atom is -0.311 e. The largest absolute Gasteiger partial charge is 0.342 e. The molecule has 3 rings (SSSR count). The van der Waals surface area contributed by atoms with Crippen LogP contribution < -0.4 is 9.57 Å². The topological polar surface area (TPSA) is 88.9 Å². The molecule has 1 atom stereocenters. The molecule has 0 unspecified atom stereocenters. The number of rotatable bonds is 9. The van der Waals surface area contributed by atoms with Gasteiger partial charge in [0.2, 0.25) is 5.91 Å². The lowest BCUT2D eigenvalue weighted by molar-refractivity contribution is -0.119. The number of benzene rings is 2. The molecule has 3 aromatic rings. The number of nitrogens with zero attached hydrogens (tertiary/aromatic N) is 5. The highest BCUT2D eigenvalue weighted by Gasteiger charge is 2.27. The molecule has 0 bridgehead atoms. The molecule has 1 aromatic heterocycles. The lowest BCUT2D eigenvalue weighted by atomic mass is 9.98. The zero-order valence-electron chi connectivity index (χ0n) is 17.8. The molecule has 0 fully saturated rings. The van der Waals surface area contributed by atoms with E-state index in [0.29, 0.717) is 35.9 Å². The number of nitrogens with one attached hydrogen (secondary N) is 1. The van der Waals surface area contributed by atoms with Gasteiger partial charge in [-0.3, -0.25) is 4.79 Å². The van der Waals surface area contributed by atoms with E-state index >= 15 is 0 Å². The fraction of sp³-hybridized carbons (Fsp3) is 0.304. The standard InChI is InChI=1S/C23H26ClN6O/c1-4-16(2)14-22(31)30(13-12-21-26-28-29-27-21)20-11-10-18(24)15-19(20)23(25-3)17-8-6-5-7-9-17/h5-11,15-16H,3-4,12-14H2,1-2H3,(H,26,27,28,29)/q+1/t16-/m0/s1. The van der Waals surface area contributed by atoms with Gasteiger partial charge in [-0.15, -0.1) is 10.2 Å². The number of anilines is 1. The number of tetrazole rings is 1. The maximum atomic E-state index is 13.3. The quantitative estimate of drug-likeness (QED) is 0.410. The van der Waals surface area contributed by atoms with Crippen LogP contribution in [0.2, 0.25) is 5.02 Å². The van der Waals surface area contributed by atoms with Crippen molar-refractivity contribution >= 4 is 35.6 Å². The average molecular weight is 438 g/mol. The van der Waals surface area contributed by atoms with E-state index in [4.69, 9.17) is 11.6 Å². The molecule has 1 heterocycles. The Hall–Kier alpha value is -3.28. The van der Waals surface area contributed by atoms with Crippen LogP contribution in [0.5, 0.6) is 0 Å². The third-order valence-electron chi connectivity index (χ3n) is 5.18. The lowest BCUT2D eigenvalue weighted by Crippen LogP contribution is -2.35. The molecule has 1 amide bonds. The van der Waals surface area contributed by atoms with E-state index in [1.54, 1.807) is 11.0 Å². The summed E-state index contributed by atoms with van der Waals surface area (Å²) in [5.74, 6) is 0.842. The van der Waals surface area contributed by atoms with Crippen molar-refractivity contribution in [3.05, 3.63) is 70.5 Å². The predicted molar refractivity (Wildman–Crippen MR) is 125 cm³/mol. The molecule has 160 valence electrons. The van der Waals surface area contributed by atoms with Crippen LogP contribution in [0.1, 0.15) is 43.6 Å². The van der Waals surface area contributed by atoms with Crippen LogP contribution in [-0.4, -0.2) is 45.5 Å². The van der Waals surface area contributed by atoms with E-state index in [9.17, 15) is 4.79 Å². The van der Waals surface area contributed by atoms with Crippen molar-refractivity contribution < 1.29 is 4.79 Å². The maximum absolute atomic E-state index is 13.3. The van der Waals surface area contributed by atoms with E-state index < -0.39 is 0 Å². The van der Waals surface area contributed by atoms with Gasteiger partial charge >= 0.3 is 5.71 Å². The van der Waals surface area contributed by atoms with Crippen LogP contribution in [0.15, 0.2) is 48.5 Å². The molecular weight excluding hydrogens is 412 g/mol. The first-order chi connectivity index (χ1) is 15.0. The molecule has 0 saturated carbocycles. The highest BCUT2D eigenvalue weighted by molar-refractivity contribution is 6.31. The molecule has 0 radical (unpaired) electrons. The van der Waals surface area contributed by atoms with Gasteiger partial charge in [-0.1, -0.05) is 59.9 Å². The predicted octanol–water partition coefficient (Wildman–Crippen LogP) is 3.47. The number of aromatic amines is 1. The minimum atomic E-state index is 0.0258. The fourth-order valence-corrected chi connectivity index (χ4v) is 3.47. The number of carbonyl (C=O) groups is 1. The van der Waals surface area contributed by atoms with Crippen molar-refractivity contribution in [1.82, 2.24) is 25.3 Å². The second-order valence-electron chi connectivity index (χ2n) is 7.38. The molecule has 2 aromatic carbocycles. The lowest BCUT2D eigenvalue weighted by Gasteiger charge is -2.25. The van der Waals surface area contributed by atoms with Gasteiger partial charge in [0.25, 0.3) is 6.72 Å². The van der Waals surface area contributed by atoms with Gasteiger partial charge in [0.05, 0.1) is 16.8 Å². The molecule has 0 aliphatic rings. The van der Waals surface area contributed by atoms with Crippen molar-refractivity contribution in [3.8, 4) is 0 Å².